The lowest BCUT2D eigenvalue weighted by atomic mass is 10.2. The lowest BCUT2D eigenvalue weighted by Gasteiger charge is -2.10. The van der Waals surface area contributed by atoms with Crippen LogP contribution in [0.5, 0.6) is 0 Å². The number of aliphatic hydroxyl groups excluding tert-OH is 1. The van der Waals surface area contributed by atoms with Crippen molar-refractivity contribution in [2.24, 2.45) is 5.73 Å². The van der Waals surface area contributed by atoms with Crippen LogP contribution >= 0.6 is 0 Å². The third-order valence-electron chi connectivity index (χ3n) is 1.77. The summed E-state index contributed by atoms with van der Waals surface area (Å²) < 4.78 is 21.6. The average molecular weight is 238 g/mol. The van der Waals surface area contributed by atoms with Crippen LogP contribution in [-0.2, 0) is 14.6 Å². The highest BCUT2D eigenvalue weighted by Gasteiger charge is 2.14. The molecule has 4 N–H and O–H groups in total. The van der Waals surface area contributed by atoms with Crippen molar-refractivity contribution < 1.29 is 18.3 Å². The summed E-state index contributed by atoms with van der Waals surface area (Å²) in [7, 11) is -3.08. The van der Waals surface area contributed by atoms with Crippen LogP contribution in [0.15, 0.2) is 0 Å². The van der Waals surface area contributed by atoms with Gasteiger partial charge in [-0.25, -0.2) is 8.42 Å². The second-order valence-corrected chi connectivity index (χ2v) is 5.65. The van der Waals surface area contributed by atoms with Crippen LogP contribution in [0.4, 0.5) is 0 Å². The maximum absolute atomic E-state index is 11.2. The van der Waals surface area contributed by atoms with E-state index in [1.54, 1.807) is 0 Å². The highest BCUT2D eigenvalue weighted by Crippen LogP contribution is 1.94. The van der Waals surface area contributed by atoms with E-state index < -0.39 is 15.9 Å². The zero-order valence-electron chi connectivity index (χ0n) is 8.77. The van der Waals surface area contributed by atoms with Crippen molar-refractivity contribution in [3.63, 3.8) is 0 Å². The van der Waals surface area contributed by atoms with Gasteiger partial charge in [0.05, 0.1) is 11.8 Å². The molecule has 0 aliphatic rings. The fraction of sp³-hybridized carbons (Fsp3) is 0.875. The van der Waals surface area contributed by atoms with E-state index in [1.807, 2.05) is 0 Å². The molecule has 0 aliphatic carbocycles. The zero-order chi connectivity index (χ0) is 11.9. The smallest absolute Gasteiger partial charge is 0.236 e. The number of hydrogen-bond acceptors (Lipinski definition) is 5. The molecule has 1 amide bonds. The van der Waals surface area contributed by atoms with Crippen LogP contribution in [0.1, 0.15) is 12.8 Å². The molecule has 1 atom stereocenters. The Morgan fingerprint density at radius 2 is 2.13 bits per heavy atom. The van der Waals surface area contributed by atoms with Crippen molar-refractivity contribution >= 4 is 15.7 Å². The van der Waals surface area contributed by atoms with Crippen molar-refractivity contribution in [2.45, 2.75) is 18.9 Å². The molecular formula is C8H18N2O4S. The first kappa shape index (κ1) is 14.3. The van der Waals surface area contributed by atoms with Gasteiger partial charge in [0.1, 0.15) is 9.84 Å². The van der Waals surface area contributed by atoms with Gasteiger partial charge in [0.2, 0.25) is 5.91 Å². The first-order valence-electron chi connectivity index (χ1n) is 4.68. The molecule has 0 saturated carbocycles. The predicted octanol–water partition coefficient (Wildman–Crippen LogP) is -1.75. The molecule has 0 bridgehead atoms. The number of sulfone groups is 1. The quantitative estimate of drug-likeness (QED) is 0.455. The summed E-state index contributed by atoms with van der Waals surface area (Å²) in [5.74, 6) is -0.478. The second kappa shape index (κ2) is 6.76. The molecule has 0 saturated heterocycles. The van der Waals surface area contributed by atoms with E-state index >= 15 is 0 Å². The van der Waals surface area contributed by atoms with E-state index in [0.717, 1.165) is 6.26 Å². The Hall–Kier alpha value is -0.660. The molecule has 0 aromatic rings. The van der Waals surface area contributed by atoms with Crippen LogP contribution in [0, 0.1) is 0 Å². The monoisotopic (exact) mass is 238 g/mol. The van der Waals surface area contributed by atoms with E-state index in [2.05, 4.69) is 5.32 Å². The zero-order valence-corrected chi connectivity index (χ0v) is 9.59. The molecule has 90 valence electrons. The third-order valence-corrected chi connectivity index (χ3v) is 2.75. The summed E-state index contributed by atoms with van der Waals surface area (Å²) in [6, 6.07) is -0.807. The Morgan fingerprint density at radius 1 is 1.53 bits per heavy atom. The number of carbonyl (C=O) groups excluding carboxylic acids is 1. The van der Waals surface area contributed by atoms with Crippen molar-refractivity contribution in [3.05, 3.63) is 0 Å². The number of nitrogens with two attached hydrogens (primary N) is 1. The van der Waals surface area contributed by atoms with Crippen molar-refractivity contribution in [2.75, 3.05) is 25.2 Å². The standard InChI is InChI=1S/C8H18N2O4S/c1-15(13,14)6-3-7(9)8(12)10-4-2-5-11/h7,11H,2-6,9H2,1H3,(H,10,12). The van der Waals surface area contributed by atoms with Gasteiger partial charge in [-0.2, -0.15) is 0 Å². The minimum absolute atomic E-state index is 0.00113. The van der Waals surface area contributed by atoms with Gasteiger partial charge in [-0.05, 0) is 12.8 Å². The van der Waals surface area contributed by atoms with Crippen LogP contribution < -0.4 is 11.1 Å². The molecule has 0 radical (unpaired) electrons. The Balaban J connectivity index is 3.79. The molecule has 0 aliphatic heterocycles. The molecule has 15 heavy (non-hydrogen) atoms. The number of hydrogen-bond donors (Lipinski definition) is 3. The number of carbonyl (C=O) groups is 1. The molecule has 0 fully saturated rings. The van der Waals surface area contributed by atoms with Gasteiger partial charge < -0.3 is 16.2 Å². The Labute approximate surface area is 89.8 Å². The van der Waals surface area contributed by atoms with Gasteiger partial charge in [-0.3, -0.25) is 4.79 Å². The normalized spacial score (nSPS) is 13.5. The number of amides is 1. The van der Waals surface area contributed by atoms with E-state index in [0.29, 0.717) is 13.0 Å². The molecular weight excluding hydrogens is 220 g/mol. The predicted molar refractivity (Wildman–Crippen MR) is 57.0 cm³/mol. The van der Waals surface area contributed by atoms with Gasteiger partial charge in [0.25, 0.3) is 0 Å². The molecule has 0 aromatic carbocycles. The van der Waals surface area contributed by atoms with Crippen molar-refractivity contribution in [1.29, 1.82) is 0 Å². The van der Waals surface area contributed by atoms with Crippen LogP contribution in [0.2, 0.25) is 0 Å². The summed E-state index contributed by atoms with van der Waals surface area (Å²) in [5.41, 5.74) is 5.47. The van der Waals surface area contributed by atoms with Gasteiger partial charge >= 0.3 is 0 Å². The number of aliphatic hydroxyl groups is 1. The first-order valence-corrected chi connectivity index (χ1v) is 6.74. The summed E-state index contributed by atoms with van der Waals surface area (Å²) in [4.78, 5) is 11.2. The Morgan fingerprint density at radius 3 is 2.60 bits per heavy atom. The first-order chi connectivity index (χ1) is 6.87. The molecule has 0 rings (SSSR count). The summed E-state index contributed by atoms with van der Waals surface area (Å²) in [5, 5.41) is 11.0. The van der Waals surface area contributed by atoms with Gasteiger partial charge in [-0.15, -0.1) is 0 Å². The number of nitrogens with one attached hydrogen (secondary N) is 1. The Bertz CT molecular complexity index is 289. The lowest BCUT2D eigenvalue weighted by molar-refractivity contribution is -0.122. The van der Waals surface area contributed by atoms with Crippen molar-refractivity contribution in [1.82, 2.24) is 5.32 Å². The van der Waals surface area contributed by atoms with Gasteiger partial charge in [-0.1, -0.05) is 0 Å². The SMILES string of the molecule is CS(=O)(=O)CCC(N)C(=O)NCCCO. The largest absolute Gasteiger partial charge is 0.396 e. The maximum Gasteiger partial charge on any atom is 0.236 e. The minimum Gasteiger partial charge on any atom is -0.396 e. The fourth-order valence-corrected chi connectivity index (χ4v) is 1.58. The van der Waals surface area contributed by atoms with Crippen LogP contribution in [0.25, 0.3) is 0 Å². The highest BCUT2D eigenvalue weighted by molar-refractivity contribution is 7.90. The molecule has 0 heterocycles. The van der Waals surface area contributed by atoms with Crippen LogP contribution in [0.3, 0.4) is 0 Å². The van der Waals surface area contributed by atoms with E-state index in [-0.39, 0.29) is 24.7 Å². The summed E-state index contributed by atoms with van der Waals surface area (Å²) in [6.07, 6.45) is 1.68. The third kappa shape index (κ3) is 8.34. The van der Waals surface area contributed by atoms with Crippen LogP contribution in [-0.4, -0.2) is 50.6 Å². The molecule has 0 spiro atoms. The molecule has 0 aromatic heterocycles. The summed E-state index contributed by atoms with van der Waals surface area (Å²) in [6.45, 7) is 0.348. The number of rotatable bonds is 7. The second-order valence-electron chi connectivity index (χ2n) is 3.39. The van der Waals surface area contributed by atoms with E-state index in [4.69, 9.17) is 10.8 Å². The topological polar surface area (TPSA) is 109 Å². The molecule has 1 unspecified atom stereocenters. The maximum atomic E-state index is 11.2. The van der Waals surface area contributed by atoms with Gasteiger partial charge in [0, 0.05) is 19.4 Å². The Kier molecular flexibility index (Phi) is 6.46. The highest BCUT2D eigenvalue weighted by atomic mass is 32.2. The lowest BCUT2D eigenvalue weighted by Crippen LogP contribution is -2.42. The molecule has 6 nitrogen and oxygen atoms in total. The minimum atomic E-state index is -3.08. The molecule has 7 heteroatoms. The summed E-state index contributed by atoms with van der Waals surface area (Å²) >= 11 is 0. The van der Waals surface area contributed by atoms with E-state index in [9.17, 15) is 13.2 Å². The van der Waals surface area contributed by atoms with Gasteiger partial charge in [0.15, 0.2) is 0 Å². The fourth-order valence-electron chi connectivity index (χ4n) is 0.894. The average Bonchev–Trinajstić information content (AvgIpc) is 2.13. The van der Waals surface area contributed by atoms with E-state index in [1.165, 1.54) is 0 Å². The van der Waals surface area contributed by atoms with Crippen molar-refractivity contribution in [3.8, 4) is 0 Å².